The average molecular weight is 584 g/mol. The van der Waals surface area contributed by atoms with Crippen LogP contribution in [0.5, 0.6) is 0 Å². The number of hydrogen-bond acceptors (Lipinski definition) is 7. The van der Waals surface area contributed by atoms with Gasteiger partial charge >= 0.3 is 0 Å². The Morgan fingerprint density at radius 1 is 0.659 bits per heavy atom. The number of likely N-dealkylation sites (N-methyl/N-ethyl adjacent to an activating group) is 1. The summed E-state index contributed by atoms with van der Waals surface area (Å²) in [5.74, 6) is 0.750. The van der Waals surface area contributed by atoms with E-state index >= 15 is 0 Å². The van der Waals surface area contributed by atoms with Gasteiger partial charge in [0, 0.05) is 47.0 Å². The highest BCUT2D eigenvalue weighted by atomic mass is 16.2. The third-order valence-electron chi connectivity index (χ3n) is 6.48. The molecule has 9 nitrogen and oxygen atoms in total. The van der Waals surface area contributed by atoms with Crippen molar-refractivity contribution in [3.8, 4) is 11.1 Å². The monoisotopic (exact) mass is 583 g/mol. The number of carbonyl (C=O) groups excluding carboxylic acids is 2. The Labute approximate surface area is 256 Å². The molecule has 0 aliphatic heterocycles. The van der Waals surface area contributed by atoms with Crippen LogP contribution in [0.25, 0.3) is 11.1 Å². The maximum absolute atomic E-state index is 12.9. The zero-order valence-corrected chi connectivity index (χ0v) is 24.5. The van der Waals surface area contributed by atoms with Crippen molar-refractivity contribution in [1.82, 2.24) is 14.9 Å². The first-order chi connectivity index (χ1) is 21.4. The highest BCUT2D eigenvalue weighted by Crippen LogP contribution is 2.25. The van der Waals surface area contributed by atoms with Crippen molar-refractivity contribution >= 4 is 46.2 Å². The number of anilines is 6. The molecule has 5 aromatic rings. The van der Waals surface area contributed by atoms with Gasteiger partial charge in [-0.1, -0.05) is 54.6 Å². The van der Waals surface area contributed by atoms with E-state index in [0.29, 0.717) is 35.1 Å². The predicted octanol–water partition coefficient (Wildman–Crippen LogP) is 6.94. The van der Waals surface area contributed by atoms with Gasteiger partial charge in [-0.15, -0.1) is 0 Å². The second-order valence-electron chi connectivity index (χ2n) is 10.2. The number of aromatic nitrogens is 2. The maximum atomic E-state index is 12.9. The van der Waals surface area contributed by atoms with Crippen LogP contribution in [-0.4, -0.2) is 47.3 Å². The minimum atomic E-state index is -0.266. The summed E-state index contributed by atoms with van der Waals surface area (Å²) in [5, 5.41) is 12.3. The van der Waals surface area contributed by atoms with Gasteiger partial charge in [-0.3, -0.25) is 9.59 Å². The van der Waals surface area contributed by atoms with Gasteiger partial charge in [-0.05, 0) is 79.8 Å². The van der Waals surface area contributed by atoms with E-state index in [2.05, 4.69) is 55.5 Å². The fourth-order valence-corrected chi connectivity index (χ4v) is 4.30. The quantitative estimate of drug-likeness (QED) is 0.125. The molecule has 0 fully saturated rings. The summed E-state index contributed by atoms with van der Waals surface area (Å²) in [5.41, 5.74) is 5.65. The predicted molar refractivity (Wildman–Crippen MR) is 178 cm³/mol. The molecule has 9 heteroatoms. The van der Waals surface area contributed by atoms with Gasteiger partial charge in [0.15, 0.2) is 0 Å². The number of amides is 2. The van der Waals surface area contributed by atoms with Crippen LogP contribution in [0, 0.1) is 0 Å². The highest BCUT2D eigenvalue weighted by molar-refractivity contribution is 6.05. The summed E-state index contributed by atoms with van der Waals surface area (Å²) in [6, 6.07) is 34.3. The Balaban J connectivity index is 1.17. The van der Waals surface area contributed by atoms with Crippen LogP contribution < -0.4 is 21.3 Å². The van der Waals surface area contributed by atoms with E-state index in [1.807, 2.05) is 79.7 Å². The number of nitrogens with one attached hydrogen (secondary N) is 4. The minimum absolute atomic E-state index is 0.225. The van der Waals surface area contributed by atoms with Crippen LogP contribution in [0.2, 0.25) is 0 Å². The van der Waals surface area contributed by atoms with Crippen molar-refractivity contribution in [1.29, 1.82) is 0 Å². The molecule has 0 aliphatic rings. The van der Waals surface area contributed by atoms with Crippen molar-refractivity contribution in [2.45, 2.75) is 0 Å². The molecule has 0 radical (unpaired) electrons. The van der Waals surface area contributed by atoms with Crippen LogP contribution in [-0.2, 0) is 4.79 Å². The van der Waals surface area contributed by atoms with E-state index in [1.54, 1.807) is 30.3 Å². The Morgan fingerprint density at radius 2 is 1.30 bits per heavy atom. The third kappa shape index (κ3) is 8.60. The van der Waals surface area contributed by atoms with Crippen LogP contribution >= 0.6 is 0 Å². The smallest absolute Gasteiger partial charge is 0.255 e. The first-order valence-corrected chi connectivity index (χ1v) is 14.1. The van der Waals surface area contributed by atoms with Crippen molar-refractivity contribution in [3.63, 3.8) is 0 Å². The number of benzene rings is 4. The summed E-state index contributed by atoms with van der Waals surface area (Å²) >= 11 is 0. The van der Waals surface area contributed by atoms with Gasteiger partial charge in [-0.25, -0.2) is 9.97 Å². The van der Waals surface area contributed by atoms with Crippen molar-refractivity contribution in [2.75, 3.05) is 41.9 Å². The van der Waals surface area contributed by atoms with Gasteiger partial charge in [0.2, 0.25) is 5.91 Å². The van der Waals surface area contributed by atoms with Crippen LogP contribution in [0.1, 0.15) is 10.4 Å². The van der Waals surface area contributed by atoms with Crippen molar-refractivity contribution in [2.24, 2.45) is 0 Å². The molecule has 5 rings (SSSR count). The summed E-state index contributed by atoms with van der Waals surface area (Å²) in [4.78, 5) is 35.6. The molecule has 0 atom stereocenters. The summed E-state index contributed by atoms with van der Waals surface area (Å²) in [6.45, 7) is 0.672. The van der Waals surface area contributed by atoms with E-state index in [0.717, 1.165) is 22.5 Å². The molecule has 0 unspecified atom stereocenters. The molecule has 44 heavy (non-hydrogen) atoms. The first-order valence-electron chi connectivity index (χ1n) is 14.1. The largest absolute Gasteiger partial charge is 0.340 e. The molecule has 1 heterocycles. The lowest BCUT2D eigenvalue weighted by atomic mass is 10.1. The second-order valence-corrected chi connectivity index (χ2v) is 10.2. The molecule has 0 bridgehead atoms. The first kappa shape index (κ1) is 29.7. The van der Waals surface area contributed by atoms with Crippen molar-refractivity contribution in [3.05, 3.63) is 133 Å². The Morgan fingerprint density at radius 3 is 2.00 bits per heavy atom. The molecule has 0 saturated heterocycles. The lowest BCUT2D eigenvalue weighted by Gasteiger charge is -2.11. The molecule has 0 aliphatic carbocycles. The average Bonchev–Trinajstić information content (AvgIpc) is 3.02. The second kappa shape index (κ2) is 14.4. The van der Waals surface area contributed by atoms with Crippen LogP contribution in [0.4, 0.5) is 34.4 Å². The summed E-state index contributed by atoms with van der Waals surface area (Å²) in [7, 11) is 3.86. The fraction of sp³-hybridized carbons (Fsp3) is 0.0857. The van der Waals surface area contributed by atoms with Gasteiger partial charge in [0.05, 0.1) is 0 Å². The molecular formula is C35H33N7O2. The van der Waals surface area contributed by atoms with E-state index in [4.69, 9.17) is 0 Å². The molecule has 1 aromatic heterocycles. The molecule has 4 aromatic carbocycles. The Kier molecular flexibility index (Phi) is 9.71. The van der Waals surface area contributed by atoms with E-state index in [9.17, 15) is 9.59 Å². The topological polar surface area (TPSA) is 111 Å². The van der Waals surface area contributed by atoms with Gasteiger partial charge < -0.3 is 26.2 Å². The maximum Gasteiger partial charge on any atom is 0.255 e. The number of nitrogens with zero attached hydrogens (tertiary/aromatic N) is 3. The molecule has 0 saturated carbocycles. The lowest BCUT2D eigenvalue weighted by molar-refractivity contribution is -0.111. The molecule has 2 amide bonds. The fourth-order valence-electron chi connectivity index (χ4n) is 4.30. The zero-order valence-electron chi connectivity index (χ0n) is 24.5. The van der Waals surface area contributed by atoms with Crippen LogP contribution in [0.3, 0.4) is 0 Å². The highest BCUT2D eigenvalue weighted by Gasteiger charge is 2.08. The van der Waals surface area contributed by atoms with Gasteiger partial charge in [0.25, 0.3) is 5.91 Å². The number of rotatable bonds is 11. The lowest BCUT2D eigenvalue weighted by Crippen LogP contribution is -2.13. The number of carbonyl (C=O) groups is 2. The molecule has 4 N–H and O–H groups in total. The molecule has 220 valence electrons. The third-order valence-corrected chi connectivity index (χ3v) is 6.48. The van der Waals surface area contributed by atoms with E-state index < -0.39 is 0 Å². The SMILES string of the molecule is CN(C)C/C=C/C(=O)Nc1ccc(C(=O)Nc2cccc(Nc3cc(Nc4ccc(-c5ccccc5)cc4)ncn3)c2)cc1. The van der Waals surface area contributed by atoms with Crippen molar-refractivity contribution < 1.29 is 9.59 Å². The molecular weight excluding hydrogens is 550 g/mol. The summed E-state index contributed by atoms with van der Waals surface area (Å²) < 4.78 is 0. The van der Waals surface area contributed by atoms with Gasteiger partial charge in [-0.2, -0.15) is 0 Å². The van der Waals surface area contributed by atoms with E-state index in [1.165, 1.54) is 12.4 Å². The standard InChI is InChI=1S/C35H33N7O2/c1-42(2)21-7-12-34(43)40-29-19-15-27(16-20-29)35(44)41-31-11-6-10-30(22-31)39-33-23-32(36-24-37-33)38-28-17-13-26(14-18-28)25-8-4-3-5-9-25/h3-20,22-24H,21H2,1-2H3,(H,40,43)(H,41,44)(H2,36,37,38,39)/b12-7+. The normalized spacial score (nSPS) is 10.9. The summed E-state index contributed by atoms with van der Waals surface area (Å²) in [6.07, 6.45) is 4.76. The minimum Gasteiger partial charge on any atom is -0.340 e. The van der Waals surface area contributed by atoms with E-state index in [-0.39, 0.29) is 11.8 Å². The van der Waals surface area contributed by atoms with Crippen LogP contribution in [0.15, 0.2) is 128 Å². The zero-order chi connectivity index (χ0) is 30.7. The van der Waals surface area contributed by atoms with Gasteiger partial charge in [0.1, 0.15) is 18.0 Å². The number of hydrogen-bond donors (Lipinski definition) is 4. The molecule has 0 spiro atoms. The Hall–Kier alpha value is -5.80. The Bertz CT molecular complexity index is 1740.